The lowest BCUT2D eigenvalue weighted by atomic mass is 10.2. The Morgan fingerprint density at radius 3 is 2.25 bits per heavy atom. The molecule has 0 aromatic heterocycles. The van der Waals surface area contributed by atoms with E-state index in [4.69, 9.17) is 16.7 Å². The summed E-state index contributed by atoms with van der Waals surface area (Å²) in [5.41, 5.74) is -1.40. The highest BCUT2D eigenvalue weighted by molar-refractivity contribution is 6.33. The van der Waals surface area contributed by atoms with Crippen molar-refractivity contribution < 1.29 is 27.9 Å². The number of para-hydroxylation sites is 1. The van der Waals surface area contributed by atoms with E-state index >= 15 is 0 Å². The number of halogens is 4. The summed E-state index contributed by atoms with van der Waals surface area (Å²) >= 11 is 5.77. The molecule has 3 N–H and O–H groups in total. The Bertz CT molecular complexity index is 794. The lowest BCUT2D eigenvalue weighted by Gasteiger charge is -2.13. The maximum atomic E-state index is 12.7. The van der Waals surface area contributed by atoms with Gasteiger partial charge < -0.3 is 15.7 Å². The standard InChI is InChI=1S/C15H10ClF3N2O3/c16-10-6-5-8(15(17,18)19)7-12(10)21-14(24)20-11-4-2-1-3-9(11)13(22)23/h1-7H,(H,22,23)(H2,20,21,24). The SMILES string of the molecule is O=C(Nc1cc(C(F)(F)F)ccc1Cl)Nc1ccccc1C(=O)O. The van der Waals surface area contributed by atoms with Crippen LogP contribution in [0.15, 0.2) is 42.5 Å². The minimum absolute atomic E-state index is 0.00871. The number of anilines is 2. The Morgan fingerprint density at radius 1 is 1.00 bits per heavy atom. The molecule has 0 aliphatic carbocycles. The van der Waals surface area contributed by atoms with Gasteiger partial charge in [0.2, 0.25) is 0 Å². The van der Waals surface area contributed by atoms with Crippen molar-refractivity contribution in [2.45, 2.75) is 6.18 Å². The number of carbonyl (C=O) groups excluding carboxylic acids is 1. The summed E-state index contributed by atoms with van der Waals surface area (Å²) in [6.07, 6.45) is -4.59. The van der Waals surface area contributed by atoms with Crippen LogP contribution in [0.2, 0.25) is 5.02 Å². The van der Waals surface area contributed by atoms with E-state index in [1.165, 1.54) is 24.3 Å². The molecule has 2 aromatic carbocycles. The Labute approximate surface area is 139 Å². The topological polar surface area (TPSA) is 78.4 Å². The monoisotopic (exact) mass is 358 g/mol. The van der Waals surface area contributed by atoms with Crippen molar-refractivity contribution >= 4 is 35.0 Å². The Morgan fingerprint density at radius 2 is 1.62 bits per heavy atom. The maximum absolute atomic E-state index is 12.7. The number of carboxylic acids is 1. The molecule has 0 saturated carbocycles. The van der Waals surface area contributed by atoms with Gasteiger partial charge in [0, 0.05) is 0 Å². The van der Waals surface area contributed by atoms with Crippen molar-refractivity contribution in [1.82, 2.24) is 0 Å². The van der Waals surface area contributed by atoms with Crippen LogP contribution in [0.1, 0.15) is 15.9 Å². The van der Waals surface area contributed by atoms with Crippen LogP contribution in [0.5, 0.6) is 0 Å². The molecule has 2 aromatic rings. The van der Waals surface area contributed by atoms with E-state index in [2.05, 4.69) is 10.6 Å². The number of aromatic carboxylic acids is 1. The van der Waals surface area contributed by atoms with Gasteiger partial charge in [-0.2, -0.15) is 13.2 Å². The summed E-state index contributed by atoms with van der Waals surface area (Å²) in [5, 5.41) is 13.3. The lowest BCUT2D eigenvalue weighted by molar-refractivity contribution is -0.137. The third-order valence-electron chi connectivity index (χ3n) is 2.95. The first-order valence-electron chi connectivity index (χ1n) is 6.45. The van der Waals surface area contributed by atoms with Gasteiger partial charge in [0.1, 0.15) is 0 Å². The zero-order valence-corrected chi connectivity index (χ0v) is 12.6. The van der Waals surface area contributed by atoms with E-state index < -0.39 is 23.7 Å². The number of nitrogens with one attached hydrogen (secondary N) is 2. The number of carboxylic acid groups (broad SMARTS) is 1. The third kappa shape index (κ3) is 4.17. The molecule has 24 heavy (non-hydrogen) atoms. The number of benzene rings is 2. The average molecular weight is 359 g/mol. The van der Waals surface area contributed by atoms with Gasteiger partial charge in [0.05, 0.1) is 27.5 Å². The molecule has 0 heterocycles. The van der Waals surface area contributed by atoms with Gasteiger partial charge in [-0.1, -0.05) is 23.7 Å². The molecule has 2 amide bonds. The zero-order chi connectivity index (χ0) is 17.9. The quantitative estimate of drug-likeness (QED) is 0.744. The number of alkyl halides is 3. The molecule has 0 saturated heterocycles. The summed E-state index contributed by atoms with van der Waals surface area (Å²) in [5.74, 6) is -1.26. The van der Waals surface area contributed by atoms with Crippen LogP contribution >= 0.6 is 11.6 Å². The molecule has 0 aliphatic rings. The van der Waals surface area contributed by atoms with E-state index in [1.54, 1.807) is 0 Å². The molecule has 0 bridgehead atoms. The second-order valence-corrected chi connectivity index (χ2v) is 5.03. The van der Waals surface area contributed by atoms with E-state index in [0.29, 0.717) is 6.07 Å². The molecule has 0 fully saturated rings. The van der Waals surface area contributed by atoms with Crippen LogP contribution in [0.3, 0.4) is 0 Å². The number of hydrogen-bond donors (Lipinski definition) is 3. The number of amides is 2. The smallest absolute Gasteiger partial charge is 0.416 e. The van der Waals surface area contributed by atoms with Gasteiger partial charge in [-0.25, -0.2) is 9.59 Å². The highest BCUT2D eigenvalue weighted by Crippen LogP contribution is 2.33. The summed E-state index contributed by atoms with van der Waals surface area (Å²) in [4.78, 5) is 23.0. The zero-order valence-electron chi connectivity index (χ0n) is 11.8. The van der Waals surface area contributed by atoms with E-state index in [1.807, 2.05) is 0 Å². The van der Waals surface area contributed by atoms with Crippen molar-refractivity contribution in [2.75, 3.05) is 10.6 Å². The number of hydrogen-bond acceptors (Lipinski definition) is 2. The minimum atomic E-state index is -4.59. The Kier molecular flexibility index (Phi) is 4.99. The van der Waals surface area contributed by atoms with Crippen LogP contribution in [-0.4, -0.2) is 17.1 Å². The first-order chi connectivity index (χ1) is 11.2. The van der Waals surface area contributed by atoms with Gasteiger partial charge in [-0.05, 0) is 30.3 Å². The summed E-state index contributed by atoms with van der Waals surface area (Å²) < 4.78 is 38.1. The normalized spacial score (nSPS) is 11.0. The number of urea groups is 1. The van der Waals surface area contributed by atoms with Gasteiger partial charge >= 0.3 is 18.2 Å². The number of carbonyl (C=O) groups is 2. The second-order valence-electron chi connectivity index (χ2n) is 4.62. The molecule has 0 atom stereocenters. The van der Waals surface area contributed by atoms with E-state index in [0.717, 1.165) is 12.1 Å². The van der Waals surface area contributed by atoms with Gasteiger partial charge in [-0.3, -0.25) is 0 Å². The van der Waals surface area contributed by atoms with Crippen molar-refractivity contribution in [1.29, 1.82) is 0 Å². The largest absolute Gasteiger partial charge is 0.478 e. The second kappa shape index (κ2) is 6.79. The van der Waals surface area contributed by atoms with Crippen LogP contribution in [-0.2, 0) is 6.18 Å². The molecule has 9 heteroatoms. The highest BCUT2D eigenvalue weighted by Gasteiger charge is 2.31. The van der Waals surface area contributed by atoms with Gasteiger partial charge in [0.15, 0.2) is 0 Å². The Hall–Kier alpha value is -2.74. The van der Waals surface area contributed by atoms with E-state index in [9.17, 15) is 22.8 Å². The highest BCUT2D eigenvalue weighted by atomic mass is 35.5. The van der Waals surface area contributed by atoms with Crippen LogP contribution in [0.4, 0.5) is 29.3 Å². The fourth-order valence-electron chi connectivity index (χ4n) is 1.85. The summed E-state index contributed by atoms with van der Waals surface area (Å²) in [6, 6.07) is 7.13. The molecule has 0 radical (unpaired) electrons. The Balaban J connectivity index is 2.21. The summed E-state index contributed by atoms with van der Waals surface area (Å²) in [7, 11) is 0. The molecule has 5 nitrogen and oxygen atoms in total. The average Bonchev–Trinajstić information content (AvgIpc) is 2.48. The molecule has 0 spiro atoms. The van der Waals surface area contributed by atoms with Crippen molar-refractivity contribution in [3.8, 4) is 0 Å². The third-order valence-corrected chi connectivity index (χ3v) is 3.28. The van der Waals surface area contributed by atoms with Crippen molar-refractivity contribution in [3.63, 3.8) is 0 Å². The fraction of sp³-hybridized carbons (Fsp3) is 0.0667. The molecule has 2 rings (SSSR count). The lowest BCUT2D eigenvalue weighted by Crippen LogP contribution is -2.21. The van der Waals surface area contributed by atoms with Gasteiger partial charge in [-0.15, -0.1) is 0 Å². The molecule has 0 unspecified atom stereocenters. The maximum Gasteiger partial charge on any atom is 0.416 e. The van der Waals surface area contributed by atoms with Crippen LogP contribution in [0.25, 0.3) is 0 Å². The summed E-state index contributed by atoms with van der Waals surface area (Å²) in [6.45, 7) is 0. The molecular weight excluding hydrogens is 349 g/mol. The van der Waals surface area contributed by atoms with Gasteiger partial charge in [0.25, 0.3) is 0 Å². The minimum Gasteiger partial charge on any atom is -0.478 e. The van der Waals surface area contributed by atoms with E-state index in [-0.39, 0.29) is 22.0 Å². The van der Waals surface area contributed by atoms with Crippen LogP contribution in [0, 0.1) is 0 Å². The molecular formula is C15H10ClF3N2O3. The van der Waals surface area contributed by atoms with Crippen molar-refractivity contribution in [2.24, 2.45) is 0 Å². The first kappa shape index (κ1) is 17.6. The molecule has 126 valence electrons. The predicted molar refractivity (Wildman–Crippen MR) is 82.5 cm³/mol. The predicted octanol–water partition coefficient (Wildman–Crippen LogP) is 4.70. The first-order valence-corrected chi connectivity index (χ1v) is 6.83. The number of rotatable bonds is 3. The molecule has 0 aliphatic heterocycles. The van der Waals surface area contributed by atoms with Crippen molar-refractivity contribution in [3.05, 3.63) is 58.6 Å². The van der Waals surface area contributed by atoms with Crippen LogP contribution < -0.4 is 10.6 Å². The fourth-order valence-corrected chi connectivity index (χ4v) is 2.02.